The summed E-state index contributed by atoms with van der Waals surface area (Å²) >= 11 is 0. The fourth-order valence-corrected chi connectivity index (χ4v) is 0.312. The van der Waals surface area contributed by atoms with E-state index >= 15 is 0 Å². The van der Waals surface area contributed by atoms with Crippen LogP contribution in [0.4, 0.5) is 0 Å². The van der Waals surface area contributed by atoms with Crippen molar-refractivity contribution in [3.8, 4) is 0 Å². The van der Waals surface area contributed by atoms with Crippen LogP contribution in [0.2, 0.25) is 0 Å². The summed E-state index contributed by atoms with van der Waals surface area (Å²) in [4.78, 5) is 24.1. The van der Waals surface area contributed by atoms with Crippen LogP contribution in [0.3, 0.4) is 0 Å². The van der Waals surface area contributed by atoms with Crippen LogP contribution in [-0.4, -0.2) is 24.3 Å². The Bertz CT molecular complexity index is 221. The summed E-state index contributed by atoms with van der Waals surface area (Å²) in [5, 5.41) is 22.7. The van der Waals surface area contributed by atoms with Gasteiger partial charge in [-0.1, -0.05) is 17.8 Å². The van der Waals surface area contributed by atoms with Crippen LogP contribution in [0.25, 0.3) is 0 Å². The summed E-state index contributed by atoms with van der Waals surface area (Å²) in [6.07, 6.45) is 1.27. The van der Waals surface area contributed by atoms with E-state index < -0.39 is 17.7 Å². The van der Waals surface area contributed by atoms with Crippen LogP contribution in [0, 0.1) is 0 Å². The van der Waals surface area contributed by atoms with E-state index in [2.05, 4.69) is 16.6 Å². The predicted octanol–water partition coefficient (Wildman–Crippen LogP) is -2.96. The molecule has 0 aliphatic rings. The number of carbonyl (C=O) groups excluding carboxylic acids is 2. The van der Waals surface area contributed by atoms with Gasteiger partial charge in [-0.2, -0.15) is 0 Å². The van der Waals surface area contributed by atoms with E-state index in [1.165, 1.54) is 6.08 Å². The van der Waals surface area contributed by atoms with Crippen molar-refractivity contribution in [3.63, 3.8) is 0 Å². The first kappa shape index (κ1) is 14.4. The van der Waals surface area contributed by atoms with Crippen LogP contribution in [-0.2, 0) is 36.8 Å². The summed E-state index contributed by atoms with van der Waals surface area (Å²) in [5.41, 5.74) is -1.28. The third kappa shape index (κ3) is 6.09. The van der Waals surface area contributed by atoms with Crippen LogP contribution in [0.15, 0.2) is 17.8 Å². The zero-order valence-corrected chi connectivity index (χ0v) is 7.76. The first-order valence-electron chi connectivity index (χ1n) is 2.83. The number of hydrogen-bond donors (Lipinski definition) is 0. The number of rotatable bonds is 5. The molecule has 0 aromatic heterocycles. The molecular weight excluding hydrogens is 274 g/mol. The van der Waals surface area contributed by atoms with Gasteiger partial charge in [0.15, 0.2) is 0 Å². The third-order valence-corrected chi connectivity index (χ3v) is 0.735. The van der Waals surface area contributed by atoms with E-state index in [-0.39, 0.29) is 29.0 Å². The van der Waals surface area contributed by atoms with Crippen molar-refractivity contribution in [1.82, 2.24) is 0 Å². The van der Waals surface area contributed by atoms with Gasteiger partial charge in [0.25, 0.3) is 0 Å². The van der Waals surface area contributed by atoms with Crippen molar-refractivity contribution in [2.45, 2.75) is 0 Å². The molecule has 0 aromatic carbocycles. The summed E-state index contributed by atoms with van der Waals surface area (Å²) in [7, 11) is 0. The molecule has 0 saturated heterocycles. The molecule has 0 fully saturated rings. The van der Waals surface area contributed by atoms with Gasteiger partial charge >= 0.3 is 22.4 Å². The normalized spacial score (nSPS) is 7.69. The topological polar surface area (TPSA) is 102 Å². The zero-order chi connectivity index (χ0) is 9.56. The van der Waals surface area contributed by atoms with Gasteiger partial charge in [-0.15, -0.1) is 0 Å². The Labute approximate surface area is 89.4 Å². The summed E-state index contributed by atoms with van der Waals surface area (Å²) < 4.78 is 0. The van der Waals surface area contributed by atoms with E-state index in [4.69, 9.17) is 0 Å². The molecule has 0 saturated carbocycles. The molecule has 0 bridgehead atoms. The molecule has 0 aliphatic heterocycles. The van der Waals surface area contributed by atoms with Crippen molar-refractivity contribution in [1.29, 1.82) is 0 Å². The maximum atomic E-state index is 9.97. The molecule has 0 amide bonds. The second-order valence-electron chi connectivity index (χ2n) is 1.60. The molecule has 0 atom stereocenters. The molecule has 0 unspecified atom stereocenters. The van der Waals surface area contributed by atoms with Crippen molar-refractivity contribution in [3.05, 3.63) is 12.7 Å². The van der Waals surface area contributed by atoms with Gasteiger partial charge in [0, 0.05) is 0 Å². The molecule has 0 heterocycles. The summed E-state index contributed by atoms with van der Waals surface area (Å²) in [5.74, 6) is -3.92. The molecule has 75 valence electrons. The second kappa shape index (κ2) is 7.53. The third-order valence-electron chi connectivity index (χ3n) is 0.735. The Morgan fingerprint density at radius 1 is 1.38 bits per heavy atom. The van der Waals surface area contributed by atoms with Gasteiger partial charge in [-0.25, -0.2) is 0 Å². The molecular formula is C6H5AgNO5. The Morgan fingerprint density at radius 3 is 2.15 bits per heavy atom. The Hall–Kier alpha value is -1.11. The molecule has 0 spiro atoms. The van der Waals surface area contributed by atoms with Crippen molar-refractivity contribution in [2.75, 3.05) is 6.61 Å². The number of oxime groups is 1. The predicted molar refractivity (Wildman–Crippen MR) is 33.6 cm³/mol. The molecule has 13 heavy (non-hydrogen) atoms. The van der Waals surface area contributed by atoms with E-state index in [0.29, 0.717) is 0 Å². The second-order valence-corrected chi connectivity index (χ2v) is 1.60. The molecule has 0 rings (SSSR count). The van der Waals surface area contributed by atoms with Gasteiger partial charge in [0.1, 0.15) is 12.3 Å². The van der Waals surface area contributed by atoms with Gasteiger partial charge in [0.05, 0.1) is 11.9 Å². The fourth-order valence-electron chi connectivity index (χ4n) is 0.312. The maximum absolute atomic E-state index is 9.97. The standard InChI is InChI=1S/C6H7NO5.Ag/c1-2-3-12-7-4(5(8)9)6(10)11;/h2H,1,3H2,(H,8,9)(H,10,11);/q;+2/p-2. The van der Waals surface area contributed by atoms with E-state index in [9.17, 15) is 19.8 Å². The van der Waals surface area contributed by atoms with Crippen LogP contribution in [0.1, 0.15) is 0 Å². The number of aliphatic carboxylic acids is 2. The number of nitrogens with zero attached hydrogens (tertiary/aromatic N) is 1. The van der Waals surface area contributed by atoms with Crippen LogP contribution in [0.5, 0.6) is 0 Å². The van der Waals surface area contributed by atoms with Crippen molar-refractivity contribution >= 4 is 17.7 Å². The zero-order valence-electron chi connectivity index (χ0n) is 6.28. The van der Waals surface area contributed by atoms with Crippen molar-refractivity contribution < 1.29 is 47.0 Å². The molecule has 7 heteroatoms. The Morgan fingerprint density at radius 2 is 1.85 bits per heavy atom. The smallest absolute Gasteiger partial charge is 0.543 e. The quantitative estimate of drug-likeness (QED) is 0.134. The Balaban J connectivity index is 0. The van der Waals surface area contributed by atoms with Crippen molar-refractivity contribution in [2.24, 2.45) is 5.16 Å². The van der Waals surface area contributed by atoms with Crippen LogP contribution < -0.4 is 10.2 Å². The molecule has 0 aliphatic carbocycles. The van der Waals surface area contributed by atoms with Gasteiger partial charge in [-0.3, -0.25) is 0 Å². The average molecular weight is 279 g/mol. The van der Waals surface area contributed by atoms with E-state index in [0.717, 1.165) is 0 Å². The minimum Gasteiger partial charge on any atom is -0.543 e. The van der Waals surface area contributed by atoms with Gasteiger partial charge < -0.3 is 24.6 Å². The van der Waals surface area contributed by atoms with E-state index in [1.807, 2.05) is 0 Å². The molecule has 0 N–H and O–H groups in total. The fraction of sp³-hybridized carbons (Fsp3) is 0.167. The Kier molecular flexibility index (Phi) is 8.36. The van der Waals surface area contributed by atoms with Gasteiger partial charge in [0.2, 0.25) is 0 Å². The average Bonchev–Trinajstić information content (AvgIpc) is 1.96. The first-order chi connectivity index (χ1) is 5.59. The molecule has 6 nitrogen and oxygen atoms in total. The van der Waals surface area contributed by atoms with Crippen LogP contribution >= 0.6 is 0 Å². The monoisotopic (exact) mass is 278 g/mol. The number of carboxylic acid groups (broad SMARTS) is 2. The summed E-state index contributed by atoms with van der Waals surface area (Å²) in [6.45, 7) is 3.13. The number of carboxylic acids is 2. The molecule has 1 radical (unpaired) electrons. The minimum absolute atomic E-state index is 0. The minimum atomic E-state index is -1.96. The maximum Gasteiger partial charge on any atom is 2.00 e. The largest absolute Gasteiger partial charge is 2.00 e. The molecule has 0 aromatic rings. The van der Waals surface area contributed by atoms with E-state index in [1.54, 1.807) is 0 Å². The summed E-state index contributed by atoms with van der Waals surface area (Å²) in [6, 6.07) is 0. The SMILES string of the molecule is C=CCON=C(C(=O)[O-])C(=O)[O-].[Ag+2]. The van der Waals surface area contributed by atoms with Gasteiger partial charge in [-0.05, 0) is 0 Å². The number of hydrogen-bond acceptors (Lipinski definition) is 6. The first-order valence-corrected chi connectivity index (χ1v) is 2.83. The number of carbonyl (C=O) groups is 2.